The third-order valence-electron chi connectivity index (χ3n) is 16.2. The van der Waals surface area contributed by atoms with Gasteiger partial charge in [-0.3, -0.25) is 23.0 Å². The molecule has 0 saturated heterocycles. The molecular formula is C66H55ClF2N10O13S2. The zero-order valence-corrected chi connectivity index (χ0v) is 53.0. The molecule has 2 aliphatic heterocycles. The van der Waals surface area contributed by atoms with Crippen LogP contribution in [0.4, 0.5) is 20.2 Å². The number of rotatable bonds is 12. The van der Waals surface area contributed by atoms with E-state index in [1.54, 1.807) is 72.8 Å². The van der Waals surface area contributed by atoms with Crippen LogP contribution in [0.2, 0.25) is 0 Å². The zero-order chi connectivity index (χ0) is 65.0. The molecule has 0 unspecified atom stereocenters. The van der Waals surface area contributed by atoms with Gasteiger partial charge in [-0.1, -0.05) is 12.1 Å². The van der Waals surface area contributed by atoms with Crippen LogP contribution >= 0.6 is 12.4 Å². The summed E-state index contributed by atoms with van der Waals surface area (Å²) in [6.45, 7) is 0.320. The van der Waals surface area contributed by atoms with E-state index in [9.17, 15) is 49.9 Å². The largest absolute Gasteiger partial charge is 0.478 e. The molecule has 0 fully saturated rings. The lowest BCUT2D eigenvalue weighted by Crippen LogP contribution is -2.25. The number of benzene rings is 6. The van der Waals surface area contributed by atoms with Gasteiger partial charge in [-0.2, -0.15) is 0 Å². The molecule has 8 heterocycles. The molecule has 12 aromatic rings. The number of halogens is 3. The minimum Gasteiger partial charge on any atom is -0.478 e. The minimum atomic E-state index is -3.77. The van der Waals surface area contributed by atoms with Gasteiger partial charge in [0.2, 0.25) is 26.0 Å². The lowest BCUT2D eigenvalue weighted by atomic mass is 10.0. The Bertz CT molecular complexity index is 5070. The smallest absolute Gasteiger partial charge is 0.336 e. The van der Waals surface area contributed by atoms with Gasteiger partial charge in [-0.15, -0.1) is 12.4 Å². The number of carboxylic acid groups (broad SMARTS) is 1. The number of carboxylic acids is 1. The van der Waals surface area contributed by atoms with Crippen molar-refractivity contribution in [2.24, 2.45) is 5.73 Å². The number of ether oxygens (including phenoxy) is 2. The minimum absolute atomic E-state index is 0. The van der Waals surface area contributed by atoms with E-state index >= 15 is 0 Å². The molecule has 28 heteroatoms. The Labute approximate surface area is 540 Å². The van der Waals surface area contributed by atoms with Crippen LogP contribution in [-0.4, -0.2) is 105 Å². The standard InChI is InChI=1S/C33H26FN5O6S.C33H25FN4O7S.ClH.H3N/c1-36-33(41)29-22-13-21(25(38(2)46(3,42)43)15-28(22)45-31(29)17-7-9-18(34)10-8-17)23-11-12-27-30(37-23)26-14-20-19(32(35)40)5-4-6-24(20)39(26)16-44-27;1-35-32(39)29-22-13-21(25(37(2)46(3,42)43)15-28(22)45-31(29)17-7-9-18(34)10-8-17)23-11-12-27-30(36-23)26-14-20-19(33(40)41)5-4-6-24(20)38(26)16-44-27;;/h4-15H,16H2,1-3H3,(H2,35,40)(H,36,41);4-15H,16H2,1-3H3,(H,35,39)(H,40,41);1H;1H3. The van der Waals surface area contributed by atoms with Gasteiger partial charge in [0.05, 0.1) is 74.4 Å². The first kappa shape index (κ1) is 64.4. The number of amides is 3. The number of aromatic carboxylic acids is 1. The predicted molar refractivity (Wildman–Crippen MR) is 354 cm³/mol. The summed E-state index contributed by atoms with van der Waals surface area (Å²) in [5.41, 5.74) is 13.5. The number of carbonyl (C=O) groups is 4. The number of primary amides is 1. The monoisotopic (exact) mass is 1330 g/mol. The topological polar surface area (TPSA) is 329 Å². The molecule has 94 heavy (non-hydrogen) atoms. The first-order valence-corrected chi connectivity index (χ1v) is 31.7. The van der Waals surface area contributed by atoms with Crippen molar-refractivity contribution >= 4 is 111 Å². The van der Waals surface area contributed by atoms with Crippen LogP contribution in [0.25, 0.3) is 112 Å². The summed E-state index contributed by atoms with van der Waals surface area (Å²) in [7, 11) is -1.77. The first-order chi connectivity index (χ1) is 43.9. The molecule has 3 amide bonds. The summed E-state index contributed by atoms with van der Waals surface area (Å²) in [6, 6.07) is 38.0. The summed E-state index contributed by atoms with van der Waals surface area (Å²) >= 11 is 0. The van der Waals surface area contributed by atoms with Crippen LogP contribution < -0.4 is 40.6 Å². The zero-order valence-electron chi connectivity index (χ0n) is 50.6. The van der Waals surface area contributed by atoms with E-state index in [2.05, 4.69) is 10.6 Å². The highest BCUT2D eigenvalue weighted by Crippen LogP contribution is 2.47. The maximum atomic E-state index is 13.7. The maximum absolute atomic E-state index is 13.7. The van der Waals surface area contributed by atoms with E-state index in [0.29, 0.717) is 101 Å². The van der Waals surface area contributed by atoms with Crippen molar-refractivity contribution in [3.63, 3.8) is 0 Å². The number of aromatic nitrogens is 4. The van der Waals surface area contributed by atoms with Crippen molar-refractivity contribution in [3.8, 4) is 79.4 Å². The molecular weight excluding hydrogens is 1280 g/mol. The van der Waals surface area contributed by atoms with Gasteiger partial charge in [-0.05, 0) is 121 Å². The quantitative estimate of drug-likeness (QED) is 0.0759. The summed E-state index contributed by atoms with van der Waals surface area (Å²) in [5, 5.41) is 17.0. The van der Waals surface area contributed by atoms with Gasteiger partial charge in [0.1, 0.15) is 57.2 Å². The number of sulfonamides is 2. The number of nitrogens with two attached hydrogens (primary N) is 1. The number of nitrogens with zero attached hydrogens (tertiary/aromatic N) is 6. The molecule has 6 aromatic heterocycles. The Morgan fingerprint density at radius 1 is 0.564 bits per heavy atom. The predicted octanol–water partition coefficient (Wildman–Crippen LogP) is 11.4. The van der Waals surface area contributed by atoms with Crippen molar-refractivity contribution in [1.82, 2.24) is 35.9 Å². The summed E-state index contributed by atoms with van der Waals surface area (Å²) < 4.78 is 109. The van der Waals surface area contributed by atoms with Crippen molar-refractivity contribution in [1.29, 1.82) is 0 Å². The highest BCUT2D eigenvalue weighted by molar-refractivity contribution is 7.92. The van der Waals surface area contributed by atoms with E-state index in [-0.39, 0.29) is 82.8 Å². The molecule has 14 rings (SSSR count). The number of carbonyl (C=O) groups excluding carboxylic acids is 3. The van der Waals surface area contributed by atoms with Crippen LogP contribution in [0, 0.1) is 11.6 Å². The fourth-order valence-electron chi connectivity index (χ4n) is 11.6. The summed E-state index contributed by atoms with van der Waals surface area (Å²) in [4.78, 5) is 60.4. The molecule has 6 aromatic carbocycles. The van der Waals surface area contributed by atoms with Gasteiger partial charge < -0.3 is 55.1 Å². The third kappa shape index (κ3) is 11.0. The Morgan fingerprint density at radius 2 is 0.957 bits per heavy atom. The van der Waals surface area contributed by atoms with Crippen LogP contribution in [0.5, 0.6) is 11.5 Å². The average molecular weight is 1330 g/mol. The SMILES string of the molecule is CNC(=O)c1c(-c2ccc(F)cc2)oc2cc(N(C)S(C)(=O)=O)c(-c3ccc4c(n3)-c3cc5c(C(=O)O)cccc5n3CO4)cc12.CNC(=O)c1c(-c2ccc(F)cc2)oc2cc(N(C)S(C)(=O)=O)c(-c3ccc4c(n3)-c3cc5c(C(N)=O)cccc5n3CO4)cc12.Cl.N. The second kappa shape index (κ2) is 24.2. The van der Waals surface area contributed by atoms with E-state index in [4.69, 9.17) is 34.0 Å². The summed E-state index contributed by atoms with van der Waals surface area (Å²) in [5.74, 6) is -2.11. The van der Waals surface area contributed by atoms with Crippen molar-refractivity contribution in [3.05, 3.63) is 179 Å². The van der Waals surface area contributed by atoms with Gasteiger partial charge in [-0.25, -0.2) is 40.4 Å². The molecule has 2 aliphatic rings. The number of furan rings is 2. The number of anilines is 2. The molecule has 23 nitrogen and oxygen atoms in total. The average Bonchev–Trinajstić information content (AvgIpc) is 1.55. The van der Waals surface area contributed by atoms with Crippen LogP contribution in [0.1, 0.15) is 41.4 Å². The fourth-order valence-corrected chi connectivity index (χ4v) is 12.6. The van der Waals surface area contributed by atoms with Crippen molar-refractivity contribution in [2.45, 2.75) is 13.5 Å². The number of hydrogen-bond donors (Lipinski definition) is 5. The Kier molecular flexibility index (Phi) is 16.6. The van der Waals surface area contributed by atoms with Gasteiger partial charge in [0, 0.05) is 89.7 Å². The second-order valence-corrected chi connectivity index (χ2v) is 25.7. The van der Waals surface area contributed by atoms with Crippen LogP contribution in [0.15, 0.2) is 154 Å². The number of hydrogen-bond acceptors (Lipinski definition) is 15. The Hall–Kier alpha value is -11.1. The lowest BCUT2D eigenvalue weighted by molar-refractivity contribution is 0.0698. The van der Waals surface area contributed by atoms with E-state index in [0.717, 1.165) is 26.6 Å². The first-order valence-electron chi connectivity index (χ1n) is 28.0. The molecule has 0 spiro atoms. The van der Waals surface area contributed by atoms with Crippen LogP contribution in [0.3, 0.4) is 0 Å². The Morgan fingerprint density at radius 3 is 1.33 bits per heavy atom. The maximum Gasteiger partial charge on any atom is 0.336 e. The number of pyridine rings is 2. The highest BCUT2D eigenvalue weighted by atomic mass is 35.5. The van der Waals surface area contributed by atoms with Gasteiger partial charge >= 0.3 is 5.97 Å². The lowest BCUT2D eigenvalue weighted by Gasteiger charge is -2.23. The van der Waals surface area contributed by atoms with Crippen LogP contribution in [-0.2, 0) is 33.5 Å². The summed E-state index contributed by atoms with van der Waals surface area (Å²) in [6.07, 6.45) is 2.14. The molecule has 8 N–H and O–H groups in total. The van der Waals surface area contributed by atoms with E-state index in [1.165, 1.54) is 88.9 Å². The fraction of sp³-hybridized carbons (Fsp3) is 0.121. The molecule has 0 aliphatic carbocycles. The Balaban J connectivity index is 0.000000188. The third-order valence-corrected chi connectivity index (χ3v) is 18.6. The van der Waals surface area contributed by atoms with E-state index in [1.807, 2.05) is 21.3 Å². The molecule has 0 saturated carbocycles. The molecule has 0 bridgehead atoms. The molecule has 480 valence electrons. The highest BCUT2D eigenvalue weighted by Gasteiger charge is 2.32. The van der Waals surface area contributed by atoms with E-state index < -0.39 is 55.4 Å². The second-order valence-electron chi connectivity index (χ2n) is 21.7. The van der Waals surface area contributed by atoms with Crippen molar-refractivity contribution < 1.29 is 68.2 Å². The van der Waals surface area contributed by atoms with Gasteiger partial charge in [0.15, 0.2) is 13.5 Å². The number of nitrogens with one attached hydrogen (secondary N) is 2. The van der Waals surface area contributed by atoms with Gasteiger partial charge in [0.25, 0.3) is 11.8 Å². The normalized spacial score (nSPS) is 12.2. The van der Waals surface area contributed by atoms with Crippen molar-refractivity contribution in [2.75, 3.05) is 49.3 Å². The molecule has 0 atom stereocenters. The number of fused-ring (bicyclic) bond motifs is 12. The molecule has 0 radical (unpaired) electrons.